The van der Waals surface area contributed by atoms with Crippen LogP contribution in [-0.2, 0) is 6.54 Å². The predicted molar refractivity (Wildman–Crippen MR) is 88.2 cm³/mol. The zero-order valence-electron chi connectivity index (χ0n) is 11.7. The molecule has 0 radical (unpaired) electrons. The Bertz CT molecular complexity index is 423. The first-order chi connectivity index (χ1) is 9.18. The number of benzene rings is 1. The van der Waals surface area contributed by atoms with E-state index in [1.807, 2.05) is 0 Å². The van der Waals surface area contributed by atoms with Crippen LogP contribution in [0.2, 0.25) is 0 Å². The van der Waals surface area contributed by atoms with E-state index in [-0.39, 0.29) is 0 Å². The van der Waals surface area contributed by atoms with E-state index in [9.17, 15) is 0 Å². The molecule has 1 N–H and O–H groups in total. The molecule has 3 rings (SSSR count). The fourth-order valence-corrected chi connectivity index (χ4v) is 3.99. The van der Waals surface area contributed by atoms with Crippen molar-refractivity contribution in [1.29, 1.82) is 0 Å². The first-order valence-corrected chi connectivity index (χ1v) is 8.49. The predicted octanol–water partition coefficient (Wildman–Crippen LogP) is 3.40. The highest BCUT2D eigenvalue weighted by Crippen LogP contribution is 2.37. The maximum Gasteiger partial charge on any atom is 0.0338 e. The Kier molecular flexibility index (Phi) is 4.15. The van der Waals surface area contributed by atoms with E-state index in [1.54, 1.807) is 0 Å². The van der Waals surface area contributed by atoms with Crippen LogP contribution in [0.15, 0.2) is 24.3 Å². The Morgan fingerprint density at radius 1 is 1.26 bits per heavy atom. The van der Waals surface area contributed by atoms with Crippen molar-refractivity contribution >= 4 is 22.6 Å². The Balaban J connectivity index is 1.77. The first-order valence-electron chi connectivity index (χ1n) is 7.41. The van der Waals surface area contributed by atoms with Crippen molar-refractivity contribution in [2.45, 2.75) is 50.7 Å². The van der Waals surface area contributed by atoms with E-state index >= 15 is 0 Å². The fraction of sp³-hybridized carbons (Fsp3) is 0.625. The summed E-state index contributed by atoms with van der Waals surface area (Å²) in [5.41, 5.74) is 1.90. The summed E-state index contributed by atoms with van der Waals surface area (Å²) in [6.45, 7) is 5.79. The Labute approximate surface area is 130 Å². The lowest BCUT2D eigenvalue weighted by atomic mass is 9.90. The molecule has 1 aliphatic carbocycles. The van der Waals surface area contributed by atoms with Crippen LogP contribution < -0.4 is 5.32 Å². The average molecular weight is 370 g/mol. The number of hydrogen-bond acceptors (Lipinski definition) is 2. The highest BCUT2D eigenvalue weighted by atomic mass is 127. The normalized spacial score (nSPS) is 26.9. The minimum atomic E-state index is 0.440. The molecule has 1 spiro atoms. The molecule has 1 saturated heterocycles. The van der Waals surface area contributed by atoms with Gasteiger partial charge in [-0.05, 0) is 60.1 Å². The van der Waals surface area contributed by atoms with Gasteiger partial charge in [0.2, 0.25) is 0 Å². The highest BCUT2D eigenvalue weighted by molar-refractivity contribution is 14.1. The van der Waals surface area contributed by atoms with Crippen LogP contribution in [0.5, 0.6) is 0 Å². The summed E-state index contributed by atoms with van der Waals surface area (Å²) in [5.74, 6) is 0. The Morgan fingerprint density at radius 2 is 1.95 bits per heavy atom. The third-order valence-corrected chi connectivity index (χ3v) is 5.48. The second kappa shape index (κ2) is 5.70. The van der Waals surface area contributed by atoms with Gasteiger partial charge in [-0.15, -0.1) is 0 Å². The van der Waals surface area contributed by atoms with Crippen molar-refractivity contribution in [3.05, 3.63) is 33.4 Å². The van der Waals surface area contributed by atoms with E-state index in [1.165, 1.54) is 47.9 Å². The van der Waals surface area contributed by atoms with Gasteiger partial charge in [-0.25, -0.2) is 0 Å². The number of hydrogen-bond donors (Lipinski definition) is 1. The Hall–Kier alpha value is -0.130. The van der Waals surface area contributed by atoms with Gasteiger partial charge in [-0.1, -0.05) is 25.0 Å². The minimum absolute atomic E-state index is 0.440. The summed E-state index contributed by atoms with van der Waals surface area (Å²) in [5, 5.41) is 3.70. The van der Waals surface area contributed by atoms with Crippen molar-refractivity contribution in [2.75, 3.05) is 13.1 Å². The molecule has 3 heteroatoms. The molecule has 104 valence electrons. The quantitative estimate of drug-likeness (QED) is 0.803. The van der Waals surface area contributed by atoms with Crippen LogP contribution in [0.1, 0.15) is 38.2 Å². The minimum Gasteiger partial charge on any atom is -0.311 e. The molecule has 19 heavy (non-hydrogen) atoms. The smallest absolute Gasteiger partial charge is 0.0338 e. The Morgan fingerprint density at radius 3 is 2.63 bits per heavy atom. The largest absolute Gasteiger partial charge is 0.311 e. The summed E-state index contributed by atoms with van der Waals surface area (Å²) in [6.07, 6.45) is 5.55. The van der Waals surface area contributed by atoms with Gasteiger partial charge < -0.3 is 5.32 Å². The van der Waals surface area contributed by atoms with Gasteiger partial charge in [0.15, 0.2) is 0 Å². The van der Waals surface area contributed by atoms with E-state index in [2.05, 4.69) is 64.0 Å². The van der Waals surface area contributed by atoms with Gasteiger partial charge in [0.05, 0.1) is 0 Å². The summed E-state index contributed by atoms with van der Waals surface area (Å²) < 4.78 is 1.32. The second-order valence-electron chi connectivity index (χ2n) is 6.22. The molecule has 0 bridgehead atoms. The highest BCUT2D eigenvalue weighted by Gasteiger charge is 2.42. The number of rotatable bonds is 2. The van der Waals surface area contributed by atoms with Crippen molar-refractivity contribution < 1.29 is 0 Å². The average Bonchev–Trinajstić information content (AvgIpc) is 2.87. The van der Waals surface area contributed by atoms with Crippen LogP contribution in [0.3, 0.4) is 0 Å². The molecule has 1 atom stereocenters. The van der Waals surface area contributed by atoms with Crippen LogP contribution in [0.25, 0.3) is 0 Å². The number of halogens is 1. The van der Waals surface area contributed by atoms with E-state index in [4.69, 9.17) is 0 Å². The number of nitrogens with one attached hydrogen (secondary N) is 1. The van der Waals surface area contributed by atoms with Crippen LogP contribution in [0, 0.1) is 3.57 Å². The zero-order valence-corrected chi connectivity index (χ0v) is 13.8. The second-order valence-corrected chi connectivity index (χ2v) is 7.47. The van der Waals surface area contributed by atoms with Crippen molar-refractivity contribution in [3.8, 4) is 0 Å². The third-order valence-electron chi connectivity index (χ3n) is 4.77. The molecule has 1 aliphatic heterocycles. The number of nitrogens with zero attached hydrogens (tertiary/aromatic N) is 1. The molecule has 0 aromatic heterocycles. The summed E-state index contributed by atoms with van der Waals surface area (Å²) >= 11 is 2.38. The SMILES string of the molecule is CC1CN(Cc2ccc(I)cc2)C2(CCCC2)CN1. The lowest BCUT2D eigenvalue weighted by Crippen LogP contribution is -2.62. The zero-order chi connectivity index (χ0) is 13.3. The standard InChI is InChI=1S/C16H23IN2/c1-13-10-19(11-14-4-6-15(17)7-5-14)16(12-18-13)8-2-3-9-16/h4-7,13,18H,2-3,8-12H2,1H3. The third kappa shape index (κ3) is 2.98. The number of piperazine rings is 1. The molecule has 0 amide bonds. The maximum absolute atomic E-state index is 3.70. The summed E-state index contributed by atoms with van der Waals surface area (Å²) in [4.78, 5) is 2.75. The lowest BCUT2D eigenvalue weighted by molar-refractivity contribution is 0.0393. The van der Waals surface area contributed by atoms with E-state index < -0.39 is 0 Å². The molecule has 2 nitrogen and oxygen atoms in total. The molecule has 2 aliphatic rings. The van der Waals surface area contributed by atoms with Crippen LogP contribution in [-0.4, -0.2) is 29.6 Å². The van der Waals surface area contributed by atoms with Crippen molar-refractivity contribution in [1.82, 2.24) is 10.2 Å². The van der Waals surface area contributed by atoms with Crippen LogP contribution >= 0.6 is 22.6 Å². The molecule has 1 saturated carbocycles. The molecule has 1 aromatic carbocycles. The van der Waals surface area contributed by atoms with Gasteiger partial charge in [-0.2, -0.15) is 0 Å². The van der Waals surface area contributed by atoms with E-state index in [0.29, 0.717) is 11.6 Å². The molecule has 2 fully saturated rings. The van der Waals surface area contributed by atoms with Crippen LogP contribution in [0.4, 0.5) is 0 Å². The summed E-state index contributed by atoms with van der Waals surface area (Å²) in [6, 6.07) is 9.65. The van der Waals surface area contributed by atoms with Gasteiger partial charge in [0.25, 0.3) is 0 Å². The van der Waals surface area contributed by atoms with Gasteiger partial charge in [-0.3, -0.25) is 4.90 Å². The molecule has 1 unspecified atom stereocenters. The topological polar surface area (TPSA) is 15.3 Å². The van der Waals surface area contributed by atoms with Gasteiger partial charge in [0.1, 0.15) is 0 Å². The van der Waals surface area contributed by atoms with E-state index in [0.717, 1.165) is 6.54 Å². The molecule has 1 heterocycles. The van der Waals surface area contributed by atoms with Crippen molar-refractivity contribution in [2.24, 2.45) is 0 Å². The molecule has 1 aromatic rings. The van der Waals surface area contributed by atoms with Gasteiger partial charge >= 0.3 is 0 Å². The first kappa shape index (κ1) is 13.8. The van der Waals surface area contributed by atoms with Crippen molar-refractivity contribution in [3.63, 3.8) is 0 Å². The molecular weight excluding hydrogens is 347 g/mol. The monoisotopic (exact) mass is 370 g/mol. The van der Waals surface area contributed by atoms with Gasteiger partial charge in [0, 0.05) is 34.8 Å². The summed E-state index contributed by atoms with van der Waals surface area (Å²) in [7, 11) is 0. The molecular formula is C16H23IN2. The fourth-order valence-electron chi connectivity index (χ4n) is 3.63. The lowest BCUT2D eigenvalue weighted by Gasteiger charge is -2.48. The maximum atomic E-state index is 3.70.